The number of piperidine rings is 1. The first kappa shape index (κ1) is 14.9. The van der Waals surface area contributed by atoms with Crippen LogP contribution < -0.4 is 10.6 Å². The van der Waals surface area contributed by atoms with E-state index in [2.05, 4.69) is 15.6 Å². The molecule has 2 rings (SSSR count). The number of nitrogens with one attached hydrogen (secondary N) is 2. The number of carbonyl (C=O) groups is 1. The van der Waals surface area contributed by atoms with Crippen LogP contribution in [0.15, 0.2) is 18.5 Å². The van der Waals surface area contributed by atoms with E-state index < -0.39 is 0 Å². The van der Waals surface area contributed by atoms with Gasteiger partial charge in [-0.2, -0.15) is 0 Å². The summed E-state index contributed by atoms with van der Waals surface area (Å²) in [6.07, 6.45) is 6.37. The van der Waals surface area contributed by atoms with Crippen molar-refractivity contribution in [3.8, 4) is 0 Å². The van der Waals surface area contributed by atoms with Crippen LogP contribution >= 0.6 is 0 Å². The molecule has 0 radical (unpaired) electrons. The van der Waals surface area contributed by atoms with Crippen molar-refractivity contribution in [2.24, 2.45) is 0 Å². The van der Waals surface area contributed by atoms with E-state index in [0.29, 0.717) is 25.7 Å². The summed E-state index contributed by atoms with van der Waals surface area (Å²) < 4.78 is 5.72. The highest BCUT2D eigenvalue weighted by Crippen LogP contribution is 2.07. The summed E-state index contributed by atoms with van der Waals surface area (Å²) in [5.74, 6) is 0.0372. The van der Waals surface area contributed by atoms with Gasteiger partial charge in [-0.25, -0.2) is 0 Å². The molecule has 1 aromatic rings. The topological polar surface area (TPSA) is 63.2 Å². The van der Waals surface area contributed by atoms with Crippen molar-refractivity contribution in [1.82, 2.24) is 15.6 Å². The van der Waals surface area contributed by atoms with Crippen LogP contribution in [0.1, 0.15) is 30.4 Å². The summed E-state index contributed by atoms with van der Waals surface area (Å²) in [6, 6.07) is 1.93. The molecule has 0 unspecified atom stereocenters. The Hall–Kier alpha value is -1.46. The first-order valence-corrected chi connectivity index (χ1v) is 7.24. The third-order valence-corrected chi connectivity index (χ3v) is 3.58. The van der Waals surface area contributed by atoms with Gasteiger partial charge in [-0.15, -0.1) is 0 Å². The highest BCUT2D eigenvalue weighted by atomic mass is 16.5. The van der Waals surface area contributed by atoms with Crippen LogP contribution in [0.25, 0.3) is 0 Å². The molecule has 0 saturated carbocycles. The Morgan fingerprint density at radius 3 is 3.05 bits per heavy atom. The molecular formula is C15H23N3O2. The van der Waals surface area contributed by atoms with E-state index in [9.17, 15) is 4.79 Å². The summed E-state index contributed by atoms with van der Waals surface area (Å²) >= 11 is 0. The fraction of sp³-hybridized carbons (Fsp3) is 0.600. The Balaban J connectivity index is 1.62. The average Bonchev–Trinajstić information content (AvgIpc) is 2.47. The lowest BCUT2D eigenvalue weighted by Crippen LogP contribution is -2.33. The Kier molecular flexibility index (Phi) is 5.95. The van der Waals surface area contributed by atoms with E-state index in [-0.39, 0.29) is 5.91 Å². The standard InChI is InChI=1S/C15H23N3O2/c1-12-10-17-6-2-13(12)11-18-15(19)5-9-20-14-3-7-16-8-4-14/h2,6,10,14,16H,3-5,7-9,11H2,1H3,(H,18,19). The van der Waals surface area contributed by atoms with Gasteiger partial charge in [0.1, 0.15) is 0 Å². The summed E-state index contributed by atoms with van der Waals surface area (Å²) in [4.78, 5) is 15.8. The molecular weight excluding hydrogens is 254 g/mol. The van der Waals surface area contributed by atoms with Crippen LogP contribution in [0.2, 0.25) is 0 Å². The zero-order valence-electron chi connectivity index (χ0n) is 12.0. The fourth-order valence-corrected chi connectivity index (χ4v) is 2.26. The average molecular weight is 277 g/mol. The molecule has 1 aliphatic rings. The molecule has 1 amide bonds. The van der Waals surface area contributed by atoms with Crippen molar-refractivity contribution in [2.45, 2.75) is 38.8 Å². The van der Waals surface area contributed by atoms with Crippen molar-refractivity contribution >= 4 is 5.91 Å². The Bertz CT molecular complexity index is 431. The molecule has 0 aromatic carbocycles. The van der Waals surface area contributed by atoms with Crippen LogP contribution in [0.3, 0.4) is 0 Å². The van der Waals surface area contributed by atoms with Gasteiger partial charge in [-0.1, -0.05) is 0 Å². The summed E-state index contributed by atoms with van der Waals surface area (Å²) in [7, 11) is 0. The zero-order valence-corrected chi connectivity index (χ0v) is 12.0. The Morgan fingerprint density at radius 2 is 2.30 bits per heavy atom. The molecule has 2 heterocycles. The number of nitrogens with zero attached hydrogens (tertiary/aromatic N) is 1. The van der Waals surface area contributed by atoms with E-state index >= 15 is 0 Å². The maximum atomic E-state index is 11.8. The smallest absolute Gasteiger partial charge is 0.222 e. The van der Waals surface area contributed by atoms with E-state index in [0.717, 1.165) is 37.1 Å². The molecule has 5 heteroatoms. The molecule has 110 valence electrons. The lowest BCUT2D eigenvalue weighted by molar-refractivity contribution is -0.122. The van der Waals surface area contributed by atoms with Gasteiger partial charge in [0.05, 0.1) is 12.7 Å². The minimum Gasteiger partial charge on any atom is -0.378 e. The number of pyridine rings is 1. The normalized spacial score (nSPS) is 16.1. The number of hydrogen-bond donors (Lipinski definition) is 2. The monoisotopic (exact) mass is 277 g/mol. The lowest BCUT2D eigenvalue weighted by Gasteiger charge is -2.22. The van der Waals surface area contributed by atoms with Gasteiger partial charge in [0, 0.05) is 25.4 Å². The predicted octanol–water partition coefficient (Wildman–Crippen LogP) is 1.16. The zero-order chi connectivity index (χ0) is 14.2. The third kappa shape index (κ3) is 4.90. The summed E-state index contributed by atoms with van der Waals surface area (Å²) in [5, 5.41) is 6.21. The Labute approximate surface area is 120 Å². The predicted molar refractivity (Wildman–Crippen MR) is 77.3 cm³/mol. The van der Waals surface area contributed by atoms with Crippen molar-refractivity contribution < 1.29 is 9.53 Å². The van der Waals surface area contributed by atoms with Gasteiger partial charge in [-0.05, 0) is 50.0 Å². The second-order valence-corrected chi connectivity index (χ2v) is 5.15. The molecule has 1 aliphatic heterocycles. The van der Waals surface area contributed by atoms with E-state index in [1.54, 1.807) is 6.20 Å². The summed E-state index contributed by atoms with van der Waals surface area (Å²) in [5.41, 5.74) is 2.20. The summed E-state index contributed by atoms with van der Waals surface area (Å²) in [6.45, 7) is 5.08. The second-order valence-electron chi connectivity index (χ2n) is 5.15. The lowest BCUT2D eigenvalue weighted by atomic mass is 10.1. The maximum Gasteiger partial charge on any atom is 0.222 e. The molecule has 5 nitrogen and oxygen atoms in total. The number of ether oxygens (including phenoxy) is 1. The molecule has 1 fully saturated rings. The minimum absolute atomic E-state index is 0.0372. The minimum atomic E-state index is 0.0372. The van der Waals surface area contributed by atoms with Crippen molar-refractivity contribution in [3.05, 3.63) is 29.6 Å². The van der Waals surface area contributed by atoms with E-state index in [1.807, 2.05) is 19.2 Å². The van der Waals surface area contributed by atoms with Crippen molar-refractivity contribution in [2.75, 3.05) is 19.7 Å². The van der Waals surface area contributed by atoms with Crippen molar-refractivity contribution in [1.29, 1.82) is 0 Å². The van der Waals surface area contributed by atoms with Gasteiger partial charge >= 0.3 is 0 Å². The molecule has 0 bridgehead atoms. The molecule has 0 atom stereocenters. The number of rotatable bonds is 6. The largest absolute Gasteiger partial charge is 0.378 e. The van der Waals surface area contributed by atoms with Crippen LogP contribution in [-0.2, 0) is 16.1 Å². The van der Waals surface area contributed by atoms with Crippen molar-refractivity contribution in [3.63, 3.8) is 0 Å². The van der Waals surface area contributed by atoms with Gasteiger partial charge in [-0.3, -0.25) is 9.78 Å². The highest BCUT2D eigenvalue weighted by Gasteiger charge is 2.13. The quantitative estimate of drug-likeness (QED) is 0.819. The third-order valence-electron chi connectivity index (χ3n) is 3.58. The number of amides is 1. The number of aromatic nitrogens is 1. The van der Waals surface area contributed by atoms with Crippen LogP contribution in [-0.4, -0.2) is 36.7 Å². The molecule has 0 spiro atoms. The first-order valence-electron chi connectivity index (χ1n) is 7.24. The molecule has 1 saturated heterocycles. The molecule has 0 aliphatic carbocycles. The second kappa shape index (κ2) is 7.97. The van der Waals surface area contributed by atoms with Gasteiger partial charge in [0.2, 0.25) is 5.91 Å². The number of carbonyl (C=O) groups excluding carboxylic acids is 1. The molecule has 20 heavy (non-hydrogen) atoms. The molecule has 1 aromatic heterocycles. The van der Waals surface area contributed by atoms with Crippen LogP contribution in [0.4, 0.5) is 0 Å². The first-order chi connectivity index (χ1) is 9.75. The maximum absolute atomic E-state index is 11.8. The Morgan fingerprint density at radius 1 is 1.50 bits per heavy atom. The van der Waals surface area contributed by atoms with Crippen LogP contribution in [0.5, 0.6) is 0 Å². The van der Waals surface area contributed by atoms with Gasteiger partial charge in [0.15, 0.2) is 0 Å². The number of aryl methyl sites for hydroxylation is 1. The van der Waals surface area contributed by atoms with E-state index in [1.165, 1.54) is 0 Å². The highest BCUT2D eigenvalue weighted by molar-refractivity contribution is 5.75. The fourth-order valence-electron chi connectivity index (χ4n) is 2.26. The number of hydrogen-bond acceptors (Lipinski definition) is 4. The SMILES string of the molecule is Cc1cnccc1CNC(=O)CCOC1CCNCC1. The van der Waals surface area contributed by atoms with Gasteiger partial charge < -0.3 is 15.4 Å². The van der Waals surface area contributed by atoms with Gasteiger partial charge in [0.25, 0.3) is 0 Å². The van der Waals surface area contributed by atoms with E-state index in [4.69, 9.17) is 4.74 Å². The van der Waals surface area contributed by atoms with Crippen LogP contribution in [0, 0.1) is 6.92 Å². The molecule has 2 N–H and O–H groups in total.